The van der Waals surface area contributed by atoms with Crippen LogP contribution in [0.1, 0.15) is 0 Å². The third-order valence-electron chi connectivity index (χ3n) is 2.78. The number of halogens is 2. The lowest BCUT2D eigenvalue weighted by atomic mass is 10.2. The first kappa shape index (κ1) is 15.4. The number of rotatable bonds is 3. The standard InChI is InChI=1S/C12H8Cl2N2O4S2/c13-10-4-9(12(14)21-10)22(18,19)16-6-1-2-8-7(3-6)15-11(17)5-20-8/h1-4,16H,5H2,(H,15,17). The number of carbonyl (C=O) groups is 1. The number of nitrogens with one attached hydrogen (secondary N) is 2. The Morgan fingerprint density at radius 3 is 2.73 bits per heavy atom. The average molecular weight is 379 g/mol. The number of hydrogen-bond donors (Lipinski definition) is 2. The first-order valence-corrected chi connectivity index (χ1v) is 8.95. The smallest absolute Gasteiger partial charge is 0.264 e. The van der Waals surface area contributed by atoms with Crippen LogP contribution in [0.25, 0.3) is 0 Å². The van der Waals surface area contributed by atoms with Crippen molar-refractivity contribution in [2.24, 2.45) is 0 Å². The fourth-order valence-electron chi connectivity index (χ4n) is 1.87. The number of sulfonamides is 1. The summed E-state index contributed by atoms with van der Waals surface area (Å²) in [5.74, 6) is 0.166. The van der Waals surface area contributed by atoms with Gasteiger partial charge in [-0.1, -0.05) is 23.2 Å². The normalized spacial score (nSPS) is 14.0. The van der Waals surface area contributed by atoms with Crippen LogP contribution in [0.5, 0.6) is 5.75 Å². The molecule has 2 aromatic rings. The second kappa shape index (κ2) is 5.62. The van der Waals surface area contributed by atoms with Crippen molar-refractivity contribution in [2.75, 3.05) is 16.6 Å². The molecular formula is C12H8Cl2N2O4S2. The SMILES string of the molecule is O=C1COc2ccc(NS(=O)(=O)c3cc(Cl)sc3Cl)cc2N1. The number of amides is 1. The number of ether oxygens (including phenoxy) is 1. The van der Waals surface area contributed by atoms with Crippen molar-refractivity contribution < 1.29 is 17.9 Å². The van der Waals surface area contributed by atoms with Crippen LogP contribution in [0.4, 0.5) is 11.4 Å². The highest BCUT2D eigenvalue weighted by Crippen LogP contribution is 2.36. The second-order valence-electron chi connectivity index (χ2n) is 4.34. The van der Waals surface area contributed by atoms with E-state index in [1.54, 1.807) is 6.07 Å². The van der Waals surface area contributed by atoms with E-state index in [-0.39, 0.29) is 31.8 Å². The van der Waals surface area contributed by atoms with Crippen LogP contribution in [0.3, 0.4) is 0 Å². The predicted octanol–water partition coefficient (Wildman–Crippen LogP) is 3.19. The first-order valence-electron chi connectivity index (χ1n) is 5.89. The minimum atomic E-state index is -3.87. The zero-order valence-corrected chi connectivity index (χ0v) is 13.9. The topological polar surface area (TPSA) is 84.5 Å². The van der Waals surface area contributed by atoms with E-state index >= 15 is 0 Å². The molecule has 1 aliphatic heterocycles. The molecule has 3 rings (SSSR count). The lowest BCUT2D eigenvalue weighted by Crippen LogP contribution is -2.25. The molecule has 116 valence electrons. The number of thiophene rings is 1. The van der Waals surface area contributed by atoms with E-state index in [0.717, 1.165) is 11.3 Å². The van der Waals surface area contributed by atoms with Crippen molar-refractivity contribution >= 4 is 61.8 Å². The van der Waals surface area contributed by atoms with Crippen LogP contribution in [0.15, 0.2) is 29.2 Å². The first-order chi connectivity index (χ1) is 10.3. The van der Waals surface area contributed by atoms with E-state index in [1.807, 2.05) is 0 Å². The summed E-state index contributed by atoms with van der Waals surface area (Å²) in [5, 5.41) is 2.60. The van der Waals surface area contributed by atoms with Gasteiger partial charge in [-0.15, -0.1) is 11.3 Å². The molecule has 6 nitrogen and oxygen atoms in total. The molecule has 0 unspecified atom stereocenters. The van der Waals surface area contributed by atoms with E-state index in [0.29, 0.717) is 11.4 Å². The number of benzene rings is 1. The largest absolute Gasteiger partial charge is 0.482 e. The molecule has 1 aromatic carbocycles. The van der Waals surface area contributed by atoms with Crippen molar-refractivity contribution in [1.82, 2.24) is 0 Å². The van der Waals surface area contributed by atoms with Crippen LogP contribution in [-0.4, -0.2) is 20.9 Å². The van der Waals surface area contributed by atoms with Crippen LogP contribution >= 0.6 is 34.5 Å². The Balaban J connectivity index is 1.91. The fourth-order valence-corrected chi connectivity index (χ4v) is 5.07. The van der Waals surface area contributed by atoms with E-state index in [9.17, 15) is 13.2 Å². The van der Waals surface area contributed by atoms with Crippen LogP contribution in [0, 0.1) is 0 Å². The summed E-state index contributed by atoms with van der Waals surface area (Å²) in [7, 11) is -3.87. The van der Waals surface area contributed by atoms with Gasteiger partial charge in [-0.3, -0.25) is 9.52 Å². The maximum atomic E-state index is 12.3. The van der Waals surface area contributed by atoms with Gasteiger partial charge in [0, 0.05) is 0 Å². The summed E-state index contributed by atoms with van der Waals surface area (Å²) in [6.07, 6.45) is 0. The van der Waals surface area contributed by atoms with Crippen molar-refractivity contribution in [3.05, 3.63) is 32.9 Å². The van der Waals surface area contributed by atoms with Gasteiger partial charge in [-0.2, -0.15) is 0 Å². The molecular weight excluding hydrogens is 371 g/mol. The molecule has 0 atom stereocenters. The molecule has 0 fully saturated rings. The van der Waals surface area contributed by atoms with Crippen molar-refractivity contribution in [2.45, 2.75) is 4.90 Å². The third kappa shape index (κ3) is 3.00. The van der Waals surface area contributed by atoms with Crippen LogP contribution in [0.2, 0.25) is 8.67 Å². The van der Waals surface area contributed by atoms with E-state index in [2.05, 4.69) is 10.0 Å². The fraction of sp³-hybridized carbons (Fsp3) is 0.0833. The summed E-state index contributed by atoms with van der Waals surface area (Å²) < 4.78 is 32.5. The molecule has 0 saturated heterocycles. The summed E-state index contributed by atoms with van der Waals surface area (Å²) >= 11 is 12.6. The number of fused-ring (bicyclic) bond motifs is 1. The third-order valence-corrected chi connectivity index (χ3v) is 5.91. The molecule has 0 radical (unpaired) electrons. The van der Waals surface area contributed by atoms with Gasteiger partial charge in [0.1, 0.15) is 15.0 Å². The zero-order valence-electron chi connectivity index (χ0n) is 10.7. The van der Waals surface area contributed by atoms with Crippen molar-refractivity contribution in [1.29, 1.82) is 0 Å². The van der Waals surface area contributed by atoms with Gasteiger partial charge >= 0.3 is 0 Å². The summed E-state index contributed by atoms with van der Waals surface area (Å²) in [6.45, 7) is -0.0684. The zero-order chi connectivity index (χ0) is 15.9. The molecule has 0 bridgehead atoms. The van der Waals surface area contributed by atoms with Gasteiger partial charge in [0.25, 0.3) is 15.9 Å². The summed E-state index contributed by atoms with van der Waals surface area (Å²) in [5.41, 5.74) is 0.661. The maximum Gasteiger partial charge on any atom is 0.264 e. The van der Waals surface area contributed by atoms with E-state index in [4.69, 9.17) is 27.9 Å². The summed E-state index contributed by atoms with van der Waals surface area (Å²) in [6, 6.07) is 5.83. The minimum absolute atomic E-state index is 0.0684. The molecule has 1 amide bonds. The molecule has 1 aromatic heterocycles. The highest BCUT2D eigenvalue weighted by Gasteiger charge is 2.22. The molecule has 10 heteroatoms. The van der Waals surface area contributed by atoms with Crippen molar-refractivity contribution in [3.63, 3.8) is 0 Å². The molecule has 0 aliphatic carbocycles. The molecule has 2 N–H and O–H groups in total. The summed E-state index contributed by atoms with van der Waals surface area (Å²) in [4.78, 5) is 11.2. The molecule has 0 spiro atoms. The Hall–Kier alpha value is -1.48. The van der Waals surface area contributed by atoms with Gasteiger partial charge in [0.05, 0.1) is 15.7 Å². The van der Waals surface area contributed by atoms with Gasteiger partial charge in [-0.25, -0.2) is 8.42 Å². The van der Waals surface area contributed by atoms with Gasteiger partial charge in [0.2, 0.25) is 0 Å². The number of anilines is 2. The average Bonchev–Trinajstić information content (AvgIpc) is 2.77. The Kier molecular flexibility index (Phi) is 3.94. The van der Waals surface area contributed by atoms with E-state index < -0.39 is 10.0 Å². The van der Waals surface area contributed by atoms with Gasteiger partial charge in [-0.05, 0) is 24.3 Å². The number of carbonyl (C=O) groups excluding carboxylic acids is 1. The predicted molar refractivity (Wildman–Crippen MR) is 85.7 cm³/mol. The lowest BCUT2D eigenvalue weighted by Gasteiger charge is -2.18. The highest BCUT2D eigenvalue weighted by molar-refractivity contribution is 7.93. The Morgan fingerprint density at radius 1 is 1.27 bits per heavy atom. The quantitative estimate of drug-likeness (QED) is 0.858. The highest BCUT2D eigenvalue weighted by atomic mass is 35.5. The lowest BCUT2D eigenvalue weighted by molar-refractivity contribution is -0.118. The monoisotopic (exact) mass is 378 g/mol. The molecule has 2 heterocycles. The maximum absolute atomic E-state index is 12.3. The van der Waals surface area contributed by atoms with Gasteiger partial charge in [0.15, 0.2) is 6.61 Å². The van der Waals surface area contributed by atoms with Crippen molar-refractivity contribution in [3.8, 4) is 5.75 Å². The Bertz CT molecular complexity index is 864. The minimum Gasteiger partial charge on any atom is -0.482 e. The van der Waals surface area contributed by atoms with Crippen LogP contribution in [-0.2, 0) is 14.8 Å². The molecule has 22 heavy (non-hydrogen) atoms. The van der Waals surface area contributed by atoms with E-state index in [1.165, 1.54) is 18.2 Å². The second-order valence-corrected chi connectivity index (χ2v) is 8.28. The Labute approximate surface area is 140 Å². The molecule has 1 aliphatic rings. The van der Waals surface area contributed by atoms with Crippen LogP contribution < -0.4 is 14.8 Å². The Morgan fingerprint density at radius 2 is 2.05 bits per heavy atom. The van der Waals surface area contributed by atoms with Gasteiger partial charge < -0.3 is 10.1 Å². The number of hydrogen-bond acceptors (Lipinski definition) is 5. The molecule has 0 saturated carbocycles.